The fraction of sp³-hybridized carbons (Fsp3) is 0.455. The number of alkyl halides is 3. The first-order chi connectivity index (χ1) is 6.70. The second-order valence-electron chi connectivity index (χ2n) is 3.72. The van der Waals surface area contributed by atoms with Gasteiger partial charge in [0.05, 0.1) is 0 Å². The van der Waals surface area contributed by atoms with Crippen molar-refractivity contribution in [3.8, 4) is 0 Å². The minimum absolute atomic E-state index is 0.102. The Morgan fingerprint density at radius 2 is 2.00 bits per heavy atom. The van der Waals surface area contributed by atoms with Gasteiger partial charge in [0.2, 0.25) is 0 Å². The Bertz CT molecular complexity index is 312. The highest BCUT2D eigenvalue weighted by molar-refractivity contribution is 6.17. The topological polar surface area (TPSA) is 0 Å². The van der Waals surface area contributed by atoms with E-state index in [-0.39, 0.29) is 5.56 Å². The van der Waals surface area contributed by atoms with Gasteiger partial charge in [-0.2, -0.15) is 0 Å². The Morgan fingerprint density at radius 3 is 2.50 bits per heavy atom. The summed E-state index contributed by atoms with van der Waals surface area (Å²) in [6, 6.07) is 5.04. The molecule has 1 aromatic carbocycles. The molecule has 0 unspecified atom stereocenters. The molecular weight excluding hydrogens is 206 g/mol. The van der Waals surface area contributed by atoms with Gasteiger partial charge in [-0.25, -0.2) is 8.78 Å². The third kappa shape index (κ3) is 2.06. The van der Waals surface area contributed by atoms with Crippen LogP contribution in [0.5, 0.6) is 0 Å². The van der Waals surface area contributed by atoms with Crippen LogP contribution >= 0.6 is 11.6 Å². The Labute approximate surface area is 86.9 Å². The highest BCUT2D eigenvalue weighted by atomic mass is 35.5. The Hall–Kier alpha value is -0.630. The number of benzene rings is 1. The van der Waals surface area contributed by atoms with Gasteiger partial charge in [-0.3, -0.25) is 0 Å². The molecule has 0 saturated heterocycles. The van der Waals surface area contributed by atoms with Crippen molar-refractivity contribution in [1.29, 1.82) is 0 Å². The first-order valence-corrected chi connectivity index (χ1v) is 5.22. The smallest absolute Gasteiger partial charge is 0.205 e. The molecule has 14 heavy (non-hydrogen) atoms. The third-order valence-electron chi connectivity index (χ3n) is 2.49. The van der Waals surface area contributed by atoms with Gasteiger partial charge in [0, 0.05) is 11.4 Å². The van der Waals surface area contributed by atoms with Gasteiger partial charge >= 0.3 is 0 Å². The molecule has 76 valence electrons. The summed E-state index contributed by atoms with van der Waals surface area (Å²) in [5.74, 6) is 0.802. The van der Waals surface area contributed by atoms with Gasteiger partial charge in [0.15, 0.2) is 0 Å². The molecule has 0 bridgehead atoms. The van der Waals surface area contributed by atoms with Crippen molar-refractivity contribution < 1.29 is 8.78 Å². The van der Waals surface area contributed by atoms with Gasteiger partial charge in [0.1, 0.15) is 0 Å². The summed E-state index contributed by atoms with van der Waals surface area (Å²) < 4.78 is 25.0. The minimum atomic E-state index is -2.39. The lowest BCUT2D eigenvalue weighted by Crippen LogP contribution is -1.91. The van der Waals surface area contributed by atoms with Crippen LogP contribution in [0.1, 0.15) is 41.9 Å². The van der Waals surface area contributed by atoms with E-state index in [1.165, 1.54) is 6.07 Å². The zero-order valence-corrected chi connectivity index (χ0v) is 8.40. The summed E-state index contributed by atoms with van der Waals surface area (Å²) in [6.45, 7) is 0. The van der Waals surface area contributed by atoms with Crippen molar-refractivity contribution >= 4 is 11.6 Å². The Kier molecular flexibility index (Phi) is 2.73. The van der Waals surface area contributed by atoms with Crippen LogP contribution in [-0.4, -0.2) is 0 Å². The van der Waals surface area contributed by atoms with E-state index in [2.05, 4.69) is 0 Å². The van der Waals surface area contributed by atoms with Gasteiger partial charge in [0.25, 0.3) is 6.43 Å². The van der Waals surface area contributed by atoms with Crippen LogP contribution in [0.15, 0.2) is 18.2 Å². The largest absolute Gasteiger partial charge is 0.263 e. The van der Waals surface area contributed by atoms with Gasteiger partial charge in [-0.15, -0.1) is 11.6 Å². The van der Waals surface area contributed by atoms with Crippen LogP contribution in [0.3, 0.4) is 0 Å². The molecule has 0 radical (unpaired) electrons. The molecule has 0 spiro atoms. The minimum Gasteiger partial charge on any atom is -0.205 e. The predicted molar refractivity (Wildman–Crippen MR) is 52.9 cm³/mol. The predicted octanol–water partition coefficient (Wildman–Crippen LogP) is 4.24. The van der Waals surface area contributed by atoms with E-state index in [1.54, 1.807) is 6.07 Å². The lowest BCUT2D eigenvalue weighted by Gasteiger charge is -2.06. The van der Waals surface area contributed by atoms with Crippen LogP contribution in [-0.2, 0) is 5.88 Å². The van der Waals surface area contributed by atoms with Crippen LogP contribution in [0.4, 0.5) is 8.78 Å². The van der Waals surface area contributed by atoms with E-state index < -0.39 is 6.43 Å². The molecule has 1 aromatic rings. The van der Waals surface area contributed by atoms with E-state index >= 15 is 0 Å². The van der Waals surface area contributed by atoms with E-state index in [0.29, 0.717) is 11.8 Å². The zero-order valence-electron chi connectivity index (χ0n) is 7.64. The lowest BCUT2D eigenvalue weighted by atomic mass is 10.0. The summed E-state index contributed by atoms with van der Waals surface area (Å²) in [7, 11) is 0. The lowest BCUT2D eigenvalue weighted by molar-refractivity contribution is 0.151. The standard InChI is InChI=1S/C11H11ClF2/c12-6-7-3-9(8-1-2-8)5-10(4-7)11(13)14/h3-5,8,11H,1-2,6H2. The fourth-order valence-corrected chi connectivity index (χ4v) is 1.76. The summed E-state index contributed by atoms with van der Waals surface area (Å²) in [5, 5.41) is 0. The molecule has 0 N–H and O–H groups in total. The van der Waals surface area contributed by atoms with Crippen molar-refractivity contribution in [3.05, 3.63) is 34.9 Å². The summed E-state index contributed by atoms with van der Waals surface area (Å²) in [5.41, 5.74) is 1.93. The van der Waals surface area contributed by atoms with Crippen LogP contribution in [0, 0.1) is 0 Å². The first-order valence-electron chi connectivity index (χ1n) is 4.68. The number of hydrogen-bond donors (Lipinski definition) is 0. The molecule has 0 amide bonds. The summed E-state index contributed by atoms with van der Waals surface area (Å²) in [6.07, 6.45) is -0.154. The normalized spacial score (nSPS) is 16.3. The van der Waals surface area contributed by atoms with Crippen LogP contribution in [0.2, 0.25) is 0 Å². The monoisotopic (exact) mass is 216 g/mol. The second-order valence-corrected chi connectivity index (χ2v) is 3.98. The number of hydrogen-bond acceptors (Lipinski definition) is 0. The van der Waals surface area contributed by atoms with Gasteiger partial charge < -0.3 is 0 Å². The summed E-state index contributed by atoms with van der Waals surface area (Å²) >= 11 is 5.66. The highest BCUT2D eigenvalue weighted by Gasteiger charge is 2.24. The molecular formula is C11H11ClF2. The van der Waals surface area contributed by atoms with E-state index in [0.717, 1.165) is 24.0 Å². The average molecular weight is 217 g/mol. The Balaban J connectivity index is 2.35. The van der Waals surface area contributed by atoms with Crippen molar-refractivity contribution in [3.63, 3.8) is 0 Å². The van der Waals surface area contributed by atoms with Crippen molar-refractivity contribution in [2.45, 2.75) is 31.1 Å². The van der Waals surface area contributed by atoms with Crippen LogP contribution in [0.25, 0.3) is 0 Å². The number of rotatable bonds is 3. The molecule has 1 fully saturated rings. The maximum Gasteiger partial charge on any atom is 0.263 e. The second kappa shape index (κ2) is 3.85. The molecule has 1 aliphatic carbocycles. The Morgan fingerprint density at radius 1 is 1.29 bits per heavy atom. The van der Waals surface area contributed by atoms with Gasteiger partial charge in [-0.05, 0) is 42.0 Å². The van der Waals surface area contributed by atoms with Gasteiger partial charge in [-0.1, -0.05) is 6.07 Å². The molecule has 0 aliphatic heterocycles. The number of halogens is 3. The zero-order chi connectivity index (χ0) is 10.1. The maximum absolute atomic E-state index is 12.5. The first kappa shape index (κ1) is 9.91. The quantitative estimate of drug-likeness (QED) is 0.663. The van der Waals surface area contributed by atoms with Crippen molar-refractivity contribution in [1.82, 2.24) is 0 Å². The average Bonchev–Trinajstić information content (AvgIpc) is 3.00. The summed E-state index contributed by atoms with van der Waals surface area (Å²) in [4.78, 5) is 0. The SMILES string of the molecule is FC(F)c1cc(CCl)cc(C2CC2)c1. The molecule has 2 rings (SSSR count). The molecule has 0 nitrogen and oxygen atoms in total. The molecule has 0 heterocycles. The third-order valence-corrected chi connectivity index (χ3v) is 2.80. The molecule has 1 saturated carbocycles. The van der Waals surface area contributed by atoms with Crippen LogP contribution < -0.4 is 0 Å². The fourth-order valence-electron chi connectivity index (χ4n) is 1.60. The van der Waals surface area contributed by atoms with Crippen molar-refractivity contribution in [2.24, 2.45) is 0 Å². The van der Waals surface area contributed by atoms with E-state index in [9.17, 15) is 8.78 Å². The molecule has 0 atom stereocenters. The molecule has 3 heteroatoms. The maximum atomic E-state index is 12.5. The van der Waals surface area contributed by atoms with Crippen molar-refractivity contribution in [2.75, 3.05) is 0 Å². The molecule has 1 aliphatic rings. The highest BCUT2D eigenvalue weighted by Crippen LogP contribution is 2.41. The van der Waals surface area contributed by atoms with E-state index in [4.69, 9.17) is 11.6 Å². The van der Waals surface area contributed by atoms with E-state index in [1.807, 2.05) is 6.07 Å². The molecule has 0 aromatic heterocycles.